The summed E-state index contributed by atoms with van der Waals surface area (Å²) in [5.74, 6) is 0.624. The Morgan fingerprint density at radius 3 is 2.88 bits per heavy atom. The van der Waals surface area contributed by atoms with Crippen LogP contribution in [0.3, 0.4) is 0 Å². The molecule has 1 spiro atoms. The van der Waals surface area contributed by atoms with Gasteiger partial charge in [-0.2, -0.15) is 0 Å². The Balaban J connectivity index is 1.34. The van der Waals surface area contributed by atoms with Crippen molar-refractivity contribution in [3.05, 3.63) is 30.1 Å². The van der Waals surface area contributed by atoms with Gasteiger partial charge in [0.15, 0.2) is 0 Å². The van der Waals surface area contributed by atoms with Gasteiger partial charge in [-0.1, -0.05) is 6.07 Å². The summed E-state index contributed by atoms with van der Waals surface area (Å²) in [6.45, 7) is 8.11. The lowest BCUT2D eigenvalue weighted by Gasteiger charge is -2.40. The first-order chi connectivity index (χ1) is 12.6. The molecule has 1 amide bonds. The zero-order valence-electron chi connectivity index (χ0n) is 15.8. The van der Waals surface area contributed by atoms with Crippen LogP contribution in [0, 0.1) is 5.92 Å². The first-order valence-corrected chi connectivity index (χ1v) is 9.89. The van der Waals surface area contributed by atoms with Gasteiger partial charge in [-0.25, -0.2) is 0 Å². The van der Waals surface area contributed by atoms with Crippen LogP contribution >= 0.6 is 0 Å². The van der Waals surface area contributed by atoms with Crippen LogP contribution in [0.25, 0.3) is 0 Å². The molecule has 142 valence electrons. The van der Waals surface area contributed by atoms with E-state index in [0.717, 1.165) is 65.1 Å². The van der Waals surface area contributed by atoms with Gasteiger partial charge in [0.2, 0.25) is 0 Å². The van der Waals surface area contributed by atoms with Gasteiger partial charge in [-0.3, -0.25) is 9.78 Å². The minimum atomic E-state index is -0.139. The molecule has 6 heteroatoms. The molecular formula is C20H30N4O2. The Hall–Kier alpha value is -1.50. The molecule has 6 nitrogen and oxygen atoms in total. The number of carbonyl (C=O) groups is 1. The average molecular weight is 358 g/mol. The maximum absolute atomic E-state index is 12.8. The van der Waals surface area contributed by atoms with Crippen LogP contribution < -0.4 is 0 Å². The van der Waals surface area contributed by atoms with E-state index in [9.17, 15) is 4.79 Å². The number of hydrogen-bond acceptors (Lipinski definition) is 5. The number of likely N-dealkylation sites (tertiary alicyclic amines) is 1. The second-order valence-corrected chi connectivity index (χ2v) is 8.21. The Morgan fingerprint density at radius 1 is 1.27 bits per heavy atom. The van der Waals surface area contributed by atoms with Gasteiger partial charge >= 0.3 is 0 Å². The molecule has 1 aromatic rings. The maximum atomic E-state index is 12.8. The van der Waals surface area contributed by atoms with Gasteiger partial charge < -0.3 is 19.4 Å². The number of nitrogens with zero attached hydrogens (tertiary/aromatic N) is 4. The van der Waals surface area contributed by atoms with E-state index in [-0.39, 0.29) is 11.5 Å². The average Bonchev–Trinajstić information content (AvgIpc) is 3.05. The molecule has 0 N–H and O–H groups in total. The van der Waals surface area contributed by atoms with Crippen molar-refractivity contribution in [1.29, 1.82) is 0 Å². The van der Waals surface area contributed by atoms with E-state index in [1.54, 1.807) is 12.3 Å². The van der Waals surface area contributed by atoms with Gasteiger partial charge in [0, 0.05) is 45.5 Å². The van der Waals surface area contributed by atoms with Gasteiger partial charge in [0.1, 0.15) is 5.69 Å². The highest BCUT2D eigenvalue weighted by Gasteiger charge is 2.45. The number of hydrogen-bond donors (Lipinski definition) is 0. The van der Waals surface area contributed by atoms with Crippen molar-refractivity contribution in [2.45, 2.75) is 24.9 Å². The smallest absolute Gasteiger partial charge is 0.272 e. The van der Waals surface area contributed by atoms with Crippen molar-refractivity contribution in [1.82, 2.24) is 19.7 Å². The summed E-state index contributed by atoms with van der Waals surface area (Å²) in [7, 11) is 2.19. The Morgan fingerprint density at radius 2 is 2.12 bits per heavy atom. The number of aromatic nitrogens is 1. The van der Waals surface area contributed by atoms with E-state index >= 15 is 0 Å². The van der Waals surface area contributed by atoms with E-state index in [2.05, 4.69) is 21.8 Å². The molecule has 0 radical (unpaired) electrons. The molecule has 2 atom stereocenters. The van der Waals surface area contributed by atoms with E-state index in [0.29, 0.717) is 18.2 Å². The zero-order chi connectivity index (χ0) is 18.0. The number of likely N-dealkylation sites (N-methyl/N-ethyl adjacent to an activating group) is 1. The van der Waals surface area contributed by atoms with Crippen LogP contribution in [0.4, 0.5) is 0 Å². The monoisotopic (exact) mass is 358 g/mol. The molecule has 0 saturated carbocycles. The molecule has 0 aliphatic carbocycles. The zero-order valence-corrected chi connectivity index (χ0v) is 15.8. The van der Waals surface area contributed by atoms with Crippen LogP contribution in [-0.4, -0.2) is 90.7 Å². The number of piperazine rings is 1. The van der Waals surface area contributed by atoms with Gasteiger partial charge in [-0.15, -0.1) is 0 Å². The SMILES string of the molecule is CN1CCN(C[C@H]2CO[C@@]3(CCCN(C(=O)c4ccccn4)C3)C2)CC1. The minimum absolute atomic E-state index is 0.0378. The number of amides is 1. The topological polar surface area (TPSA) is 48.9 Å². The number of ether oxygens (including phenoxy) is 1. The third kappa shape index (κ3) is 3.92. The molecule has 0 aromatic carbocycles. The molecule has 3 fully saturated rings. The highest BCUT2D eigenvalue weighted by molar-refractivity contribution is 5.92. The van der Waals surface area contributed by atoms with Crippen molar-refractivity contribution < 1.29 is 9.53 Å². The van der Waals surface area contributed by atoms with Crippen molar-refractivity contribution in [3.8, 4) is 0 Å². The molecule has 26 heavy (non-hydrogen) atoms. The summed E-state index contributed by atoms with van der Waals surface area (Å²) in [6, 6.07) is 5.52. The molecule has 0 unspecified atom stereocenters. The van der Waals surface area contributed by atoms with Crippen LogP contribution in [-0.2, 0) is 4.74 Å². The highest BCUT2D eigenvalue weighted by atomic mass is 16.5. The summed E-state index contributed by atoms with van der Waals surface area (Å²) in [6.07, 6.45) is 4.84. The molecule has 1 aromatic heterocycles. The molecule has 3 saturated heterocycles. The second-order valence-electron chi connectivity index (χ2n) is 8.21. The minimum Gasteiger partial charge on any atom is -0.373 e. The summed E-state index contributed by atoms with van der Waals surface area (Å²) in [5.41, 5.74) is 0.400. The quantitative estimate of drug-likeness (QED) is 0.816. The van der Waals surface area contributed by atoms with Crippen LogP contribution in [0.2, 0.25) is 0 Å². The molecule has 3 aliphatic rings. The number of piperidine rings is 1. The van der Waals surface area contributed by atoms with Crippen molar-refractivity contribution in [2.75, 3.05) is 59.5 Å². The first kappa shape index (κ1) is 17.9. The maximum Gasteiger partial charge on any atom is 0.272 e. The predicted molar refractivity (Wildman–Crippen MR) is 100 cm³/mol. The lowest BCUT2D eigenvalue weighted by atomic mass is 9.86. The Bertz CT molecular complexity index is 617. The van der Waals surface area contributed by atoms with Crippen LogP contribution in [0.15, 0.2) is 24.4 Å². The number of pyridine rings is 1. The highest BCUT2D eigenvalue weighted by Crippen LogP contribution is 2.38. The Kier molecular flexibility index (Phi) is 5.25. The Labute approximate surface area is 156 Å². The summed E-state index contributed by atoms with van der Waals surface area (Å²) in [5, 5.41) is 0. The first-order valence-electron chi connectivity index (χ1n) is 9.89. The normalized spacial score (nSPS) is 30.8. The third-order valence-corrected chi connectivity index (χ3v) is 6.11. The summed E-state index contributed by atoms with van der Waals surface area (Å²) in [4.78, 5) is 23.9. The van der Waals surface area contributed by atoms with Gasteiger partial charge in [0.25, 0.3) is 5.91 Å². The fourth-order valence-corrected chi connectivity index (χ4v) is 4.66. The van der Waals surface area contributed by atoms with Crippen molar-refractivity contribution >= 4 is 5.91 Å². The van der Waals surface area contributed by atoms with E-state index in [1.165, 1.54) is 0 Å². The number of carbonyl (C=O) groups excluding carboxylic acids is 1. The lowest BCUT2D eigenvalue weighted by molar-refractivity contribution is -0.0452. The van der Waals surface area contributed by atoms with E-state index in [4.69, 9.17) is 4.74 Å². The van der Waals surface area contributed by atoms with Crippen LogP contribution in [0.1, 0.15) is 29.8 Å². The molecule has 0 bridgehead atoms. The lowest BCUT2D eigenvalue weighted by Crippen LogP contribution is -2.50. The molecule has 4 heterocycles. The van der Waals surface area contributed by atoms with E-state index in [1.807, 2.05) is 17.0 Å². The van der Waals surface area contributed by atoms with Crippen LogP contribution in [0.5, 0.6) is 0 Å². The predicted octanol–water partition coefficient (Wildman–Crippen LogP) is 1.34. The fraction of sp³-hybridized carbons (Fsp3) is 0.700. The van der Waals surface area contributed by atoms with Gasteiger partial charge in [-0.05, 0) is 44.4 Å². The number of rotatable bonds is 3. The van der Waals surface area contributed by atoms with E-state index < -0.39 is 0 Å². The molecule has 3 aliphatic heterocycles. The van der Waals surface area contributed by atoms with Crippen molar-refractivity contribution in [3.63, 3.8) is 0 Å². The molecular weight excluding hydrogens is 328 g/mol. The second kappa shape index (κ2) is 7.62. The molecule has 4 rings (SSSR count). The third-order valence-electron chi connectivity index (χ3n) is 6.11. The van der Waals surface area contributed by atoms with Gasteiger partial charge in [0.05, 0.1) is 18.8 Å². The van der Waals surface area contributed by atoms with Crippen molar-refractivity contribution in [2.24, 2.45) is 5.92 Å². The largest absolute Gasteiger partial charge is 0.373 e. The summed E-state index contributed by atoms with van der Waals surface area (Å²) >= 11 is 0. The standard InChI is InChI=1S/C20H30N4O2/c1-22-9-11-23(12-10-22)14-17-13-20(26-15-17)6-4-8-24(16-20)19(25)18-5-2-3-7-21-18/h2-3,5,7,17H,4,6,8-16H2,1H3/t17-,20-/m0/s1. The fourth-order valence-electron chi connectivity index (χ4n) is 4.66. The summed E-state index contributed by atoms with van der Waals surface area (Å²) < 4.78 is 6.32.